The normalized spacial score (nSPS) is 16.6. The Kier molecular flexibility index (Phi) is 32.6. The van der Waals surface area contributed by atoms with Gasteiger partial charge in [-0.25, -0.2) is 0 Å². The summed E-state index contributed by atoms with van der Waals surface area (Å²) < 4.78 is 11.2. The second-order valence-electron chi connectivity index (χ2n) is 14.9. The number of carbonyl (C=O) groups is 2. The minimum Gasteiger partial charge on any atom is -0.465 e. The largest absolute Gasteiger partial charge is 0.465 e. The van der Waals surface area contributed by atoms with Gasteiger partial charge in [-0.2, -0.15) is 0 Å². The van der Waals surface area contributed by atoms with Gasteiger partial charge in [-0.05, 0) is 102 Å². The van der Waals surface area contributed by atoms with E-state index in [4.69, 9.17) is 9.47 Å². The van der Waals surface area contributed by atoms with E-state index in [0.717, 1.165) is 51.4 Å². The van der Waals surface area contributed by atoms with Gasteiger partial charge in [0.05, 0.1) is 13.2 Å². The third kappa shape index (κ3) is 30.5. The van der Waals surface area contributed by atoms with Crippen molar-refractivity contribution in [2.45, 2.75) is 219 Å². The Bertz CT molecular complexity index is 700. The molecule has 0 N–H and O–H groups in total. The van der Waals surface area contributed by atoms with Gasteiger partial charge in [0.25, 0.3) is 0 Å². The number of esters is 2. The molecule has 0 bridgehead atoms. The number of rotatable bonds is 34. The molecule has 1 rings (SSSR count). The Hall–Kier alpha value is -1.58. The van der Waals surface area contributed by atoms with Gasteiger partial charge in [-0.15, -0.1) is 0 Å². The Balaban J connectivity index is 1.86. The molecule has 0 saturated heterocycles. The highest BCUT2D eigenvalue weighted by Crippen LogP contribution is 2.29. The van der Waals surface area contributed by atoms with Gasteiger partial charge in [-0.1, -0.05) is 141 Å². The van der Waals surface area contributed by atoms with Crippen LogP contribution in [0.4, 0.5) is 0 Å². The molecule has 0 heterocycles. The zero-order valence-corrected chi connectivity index (χ0v) is 32.1. The monoisotopic (exact) mass is 673 g/mol. The van der Waals surface area contributed by atoms with E-state index >= 15 is 0 Å². The average molecular weight is 673 g/mol. The summed E-state index contributed by atoms with van der Waals surface area (Å²) in [5.74, 6) is 0.871. The van der Waals surface area contributed by atoms with E-state index < -0.39 is 0 Å². The van der Waals surface area contributed by atoms with Crippen LogP contribution in [-0.4, -0.2) is 25.2 Å². The Morgan fingerprint density at radius 2 is 0.688 bits per heavy atom. The first-order valence-electron chi connectivity index (χ1n) is 21.3. The van der Waals surface area contributed by atoms with E-state index in [1.165, 1.54) is 141 Å². The SMILES string of the molecule is CCCCCCCCC=CCCCCCCCC(=O)OCC1CCC(COC(=O)CCCCCCCC=CCCCCCCCC)CC1. The van der Waals surface area contributed by atoms with E-state index in [1.807, 2.05) is 0 Å². The fraction of sp³-hybridized carbons (Fsp3) is 0.864. The molecular formula is C44H80O4. The van der Waals surface area contributed by atoms with Crippen LogP contribution in [0.25, 0.3) is 0 Å². The van der Waals surface area contributed by atoms with Gasteiger partial charge in [-0.3, -0.25) is 9.59 Å². The third-order valence-corrected chi connectivity index (χ3v) is 10.2. The molecular weight excluding hydrogens is 592 g/mol. The van der Waals surface area contributed by atoms with Gasteiger partial charge in [0.1, 0.15) is 0 Å². The summed E-state index contributed by atoms with van der Waals surface area (Å²) in [4.78, 5) is 24.4. The van der Waals surface area contributed by atoms with Crippen LogP contribution in [0.1, 0.15) is 219 Å². The Morgan fingerprint density at radius 1 is 0.417 bits per heavy atom. The Morgan fingerprint density at radius 3 is 1.00 bits per heavy atom. The molecule has 0 aromatic carbocycles. The molecule has 4 heteroatoms. The first-order chi connectivity index (χ1) is 23.7. The lowest BCUT2D eigenvalue weighted by molar-refractivity contribution is -0.147. The number of allylic oxidation sites excluding steroid dienone is 4. The van der Waals surface area contributed by atoms with Crippen LogP contribution < -0.4 is 0 Å². The predicted octanol–water partition coefficient (Wildman–Crippen LogP) is 14.0. The summed E-state index contributed by atoms with van der Waals surface area (Å²) in [5, 5.41) is 0. The minimum atomic E-state index is -0.0284. The summed E-state index contributed by atoms with van der Waals surface area (Å²) in [6.45, 7) is 5.67. The van der Waals surface area contributed by atoms with E-state index in [-0.39, 0.29) is 11.9 Å². The molecule has 1 aliphatic rings. The van der Waals surface area contributed by atoms with E-state index in [9.17, 15) is 9.59 Å². The summed E-state index contributed by atoms with van der Waals surface area (Å²) in [7, 11) is 0. The van der Waals surface area contributed by atoms with Crippen LogP contribution in [0.3, 0.4) is 0 Å². The smallest absolute Gasteiger partial charge is 0.305 e. The van der Waals surface area contributed by atoms with Gasteiger partial charge in [0, 0.05) is 12.8 Å². The quantitative estimate of drug-likeness (QED) is 0.0388. The van der Waals surface area contributed by atoms with Crippen molar-refractivity contribution in [1.29, 1.82) is 0 Å². The molecule has 1 saturated carbocycles. The highest BCUT2D eigenvalue weighted by molar-refractivity contribution is 5.69. The molecule has 0 aliphatic heterocycles. The van der Waals surface area contributed by atoms with Crippen molar-refractivity contribution in [2.75, 3.05) is 13.2 Å². The number of unbranched alkanes of at least 4 members (excludes halogenated alkanes) is 22. The van der Waals surface area contributed by atoms with Crippen LogP contribution in [0.15, 0.2) is 24.3 Å². The molecule has 0 aromatic heterocycles. The van der Waals surface area contributed by atoms with Crippen molar-refractivity contribution in [3.05, 3.63) is 24.3 Å². The fourth-order valence-electron chi connectivity index (χ4n) is 6.81. The molecule has 0 unspecified atom stereocenters. The molecule has 0 radical (unpaired) electrons. The number of carbonyl (C=O) groups excluding carboxylic acids is 2. The highest BCUT2D eigenvalue weighted by atomic mass is 16.5. The van der Waals surface area contributed by atoms with Crippen LogP contribution >= 0.6 is 0 Å². The Labute approximate surface area is 299 Å². The molecule has 4 nitrogen and oxygen atoms in total. The van der Waals surface area contributed by atoms with E-state index in [0.29, 0.717) is 37.9 Å². The highest BCUT2D eigenvalue weighted by Gasteiger charge is 2.23. The van der Waals surface area contributed by atoms with Crippen molar-refractivity contribution < 1.29 is 19.1 Å². The third-order valence-electron chi connectivity index (χ3n) is 10.2. The first-order valence-corrected chi connectivity index (χ1v) is 21.3. The maximum atomic E-state index is 12.2. The van der Waals surface area contributed by atoms with Crippen molar-refractivity contribution in [2.24, 2.45) is 11.8 Å². The van der Waals surface area contributed by atoms with Crippen molar-refractivity contribution in [3.8, 4) is 0 Å². The van der Waals surface area contributed by atoms with Crippen LogP contribution in [0.2, 0.25) is 0 Å². The molecule has 280 valence electrons. The molecule has 0 amide bonds. The lowest BCUT2D eigenvalue weighted by Gasteiger charge is -2.27. The zero-order valence-electron chi connectivity index (χ0n) is 32.1. The molecule has 0 spiro atoms. The fourth-order valence-corrected chi connectivity index (χ4v) is 6.81. The number of hydrogen-bond donors (Lipinski definition) is 0. The van der Waals surface area contributed by atoms with Gasteiger partial charge in [0.2, 0.25) is 0 Å². The second kappa shape index (κ2) is 35.3. The maximum absolute atomic E-state index is 12.2. The molecule has 1 aliphatic carbocycles. The van der Waals surface area contributed by atoms with Crippen molar-refractivity contribution in [3.63, 3.8) is 0 Å². The predicted molar refractivity (Wildman–Crippen MR) is 206 cm³/mol. The summed E-state index contributed by atoms with van der Waals surface area (Å²) >= 11 is 0. The van der Waals surface area contributed by atoms with Gasteiger partial charge >= 0.3 is 11.9 Å². The molecule has 1 fully saturated rings. The maximum Gasteiger partial charge on any atom is 0.305 e. The van der Waals surface area contributed by atoms with Gasteiger partial charge in [0.15, 0.2) is 0 Å². The summed E-state index contributed by atoms with van der Waals surface area (Å²) in [5.41, 5.74) is 0. The van der Waals surface area contributed by atoms with E-state index in [1.54, 1.807) is 0 Å². The minimum absolute atomic E-state index is 0.0284. The van der Waals surface area contributed by atoms with Gasteiger partial charge < -0.3 is 9.47 Å². The molecule has 0 aromatic rings. The zero-order chi connectivity index (χ0) is 34.6. The number of ether oxygens (including phenoxy) is 2. The standard InChI is InChI=1S/C44H80O4/c1-3-5-7-9-11-13-15-17-19-21-23-25-27-29-31-33-43(45)47-39-41-35-37-42(38-36-41)40-48-44(46)34-32-30-28-26-24-22-20-18-16-14-12-10-8-6-4-2/h17-20,41-42H,3-16,21-40H2,1-2H3. The van der Waals surface area contributed by atoms with Crippen LogP contribution in [0.5, 0.6) is 0 Å². The summed E-state index contributed by atoms with van der Waals surface area (Å²) in [6.07, 6.45) is 47.8. The lowest BCUT2D eigenvalue weighted by atomic mass is 9.83. The van der Waals surface area contributed by atoms with Crippen LogP contribution in [-0.2, 0) is 19.1 Å². The molecule has 48 heavy (non-hydrogen) atoms. The molecule has 0 atom stereocenters. The second-order valence-corrected chi connectivity index (χ2v) is 14.9. The topological polar surface area (TPSA) is 52.6 Å². The van der Waals surface area contributed by atoms with E-state index in [2.05, 4.69) is 38.2 Å². The van der Waals surface area contributed by atoms with Crippen molar-refractivity contribution >= 4 is 11.9 Å². The lowest BCUT2D eigenvalue weighted by Crippen LogP contribution is -2.23. The number of hydrogen-bond acceptors (Lipinski definition) is 4. The average Bonchev–Trinajstić information content (AvgIpc) is 3.10. The first kappa shape index (κ1) is 44.4. The summed E-state index contributed by atoms with van der Waals surface area (Å²) in [6, 6.07) is 0. The van der Waals surface area contributed by atoms with Crippen LogP contribution in [0, 0.1) is 11.8 Å². The van der Waals surface area contributed by atoms with Crippen molar-refractivity contribution in [1.82, 2.24) is 0 Å².